The van der Waals surface area contributed by atoms with Crippen molar-refractivity contribution in [2.24, 2.45) is 0 Å². The van der Waals surface area contributed by atoms with E-state index in [0.29, 0.717) is 5.75 Å². The van der Waals surface area contributed by atoms with Crippen LogP contribution in [0.5, 0.6) is 0 Å². The average Bonchev–Trinajstić information content (AvgIpc) is 2.88. The van der Waals surface area contributed by atoms with E-state index in [1.165, 1.54) is 23.9 Å². The summed E-state index contributed by atoms with van der Waals surface area (Å²) >= 11 is 1.52. The molecule has 0 aliphatic heterocycles. The maximum absolute atomic E-state index is 10.6. The molecule has 0 bridgehead atoms. The summed E-state index contributed by atoms with van der Waals surface area (Å²) in [4.78, 5) is 14.7. The van der Waals surface area contributed by atoms with Crippen LogP contribution < -0.4 is 0 Å². The van der Waals surface area contributed by atoms with Crippen molar-refractivity contribution in [2.45, 2.75) is 24.8 Å². The first-order valence-electron chi connectivity index (χ1n) is 6.60. The minimum atomic E-state index is -0.402. The molecule has 0 amide bonds. The Morgan fingerprint density at radius 2 is 1.95 bits per heavy atom. The van der Waals surface area contributed by atoms with Gasteiger partial charge < -0.3 is 0 Å². The third-order valence-electron chi connectivity index (χ3n) is 3.17. The maximum atomic E-state index is 10.6. The Morgan fingerprint density at radius 1 is 1.23 bits per heavy atom. The number of non-ortho nitro benzene ring substituents is 1. The molecule has 0 unspecified atom stereocenters. The van der Waals surface area contributed by atoms with Gasteiger partial charge in [0.2, 0.25) is 0 Å². The van der Waals surface area contributed by atoms with Crippen molar-refractivity contribution in [3.63, 3.8) is 0 Å². The summed E-state index contributed by atoms with van der Waals surface area (Å²) in [5, 5.41) is 19.7. The molecule has 0 saturated heterocycles. The molecule has 22 heavy (non-hydrogen) atoms. The van der Waals surface area contributed by atoms with E-state index in [2.05, 4.69) is 15.2 Å². The minimum absolute atomic E-state index is 0.0946. The second-order valence-electron chi connectivity index (χ2n) is 4.83. The Balaban J connectivity index is 1.80. The van der Waals surface area contributed by atoms with Gasteiger partial charge in [-0.15, -0.1) is 10.2 Å². The lowest BCUT2D eigenvalue weighted by Crippen LogP contribution is -1.98. The zero-order valence-electron chi connectivity index (χ0n) is 12.1. The topological polar surface area (TPSA) is 86.2 Å². The Labute approximate surface area is 130 Å². The van der Waals surface area contributed by atoms with Gasteiger partial charge in [0.25, 0.3) is 5.69 Å². The molecule has 0 atom stereocenters. The van der Waals surface area contributed by atoms with Crippen molar-refractivity contribution in [1.82, 2.24) is 19.6 Å². The van der Waals surface area contributed by atoms with Crippen LogP contribution in [0.15, 0.2) is 35.5 Å². The fraction of sp³-hybridized carbons (Fsp3) is 0.214. The molecule has 2 aromatic heterocycles. The molecular weight excluding hydrogens is 302 g/mol. The van der Waals surface area contributed by atoms with Gasteiger partial charge in [-0.2, -0.15) is 0 Å². The molecule has 0 saturated carbocycles. The number of benzene rings is 1. The molecule has 3 rings (SSSR count). The van der Waals surface area contributed by atoms with E-state index < -0.39 is 4.92 Å². The summed E-state index contributed by atoms with van der Waals surface area (Å²) in [6.45, 7) is 3.84. The normalized spacial score (nSPS) is 11.0. The van der Waals surface area contributed by atoms with Gasteiger partial charge in [0, 0.05) is 29.6 Å². The number of hydrogen-bond donors (Lipinski definition) is 0. The van der Waals surface area contributed by atoms with E-state index in [4.69, 9.17) is 0 Å². The van der Waals surface area contributed by atoms with Crippen LogP contribution in [-0.2, 0) is 5.75 Å². The fourth-order valence-corrected chi connectivity index (χ4v) is 3.10. The largest absolute Gasteiger partial charge is 0.269 e. The highest BCUT2D eigenvalue weighted by atomic mass is 32.2. The highest BCUT2D eigenvalue weighted by Crippen LogP contribution is 2.23. The fourth-order valence-electron chi connectivity index (χ4n) is 2.16. The van der Waals surface area contributed by atoms with Crippen molar-refractivity contribution >= 4 is 23.1 Å². The van der Waals surface area contributed by atoms with E-state index in [0.717, 1.165) is 27.9 Å². The van der Waals surface area contributed by atoms with E-state index >= 15 is 0 Å². The molecule has 0 aliphatic carbocycles. The lowest BCUT2D eigenvalue weighted by atomic mass is 10.2. The SMILES string of the molecule is Cc1cc2nnc(SCc3ccc([N+](=O)[O-])cc3)n2c(C)n1. The number of rotatable bonds is 4. The molecule has 3 aromatic rings. The van der Waals surface area contributed by atoms with Crippen molar-refractivity contribution in [3.8, 4) is 0 Å². The van der Waals surface area contributed by atoms with Crippen LogP contribution in [0.2, 0.25) is 0 Å². The van der Waals surface area contributed by atoms with Gasteiger partial charge in [-0.3, -0.25) is 14.5 Å². The number of hydrogen-bond acceptors (Lipinski definition) is 6. The molecule has 0 aliphatic rings. The second kappa shape index (κ2) is 5.72. The van der Waals surface area contributed by atoms with Crippen LogP contribution in [0.25, 0.3) is 5.65 Å². The van der Waals surface area contributed by atoms with Crippen molar-refractivity contribution in [1.29, 1.82) is 0 Å². The van der Waals surface area contributed by atoms with Gasteiger partial charge in [-0.05, 0) is 19.4 Å². The van der Waals surface area contributed by atoms with Crippen LogP contribution in [0.4, 0.5) is 5.69 Å². The minimum Gasteiger partial charge on any atom is -0.258 e. The third kappa shape index (κ3) is 2.77. The first-order chi connectivity index (χ1) is 10.5. The molecule has 8 heteroatoms. The van der Waals surface area contributed by atoms with Gasteiger partial charge in [0.1, 0.15) is 5.82 Å². The Morgan fingerprint density at radius 3 is 2.64 bits per heavy atom. The summed E-state index contributed by atoms with van der Waals surface area (Å²) < 4.78 is 1.91. The van der Waals surface area contributed by atoms with Crippen LogP contribution in [0.3, 0.4) is 0 Å². The maximum Gasteiger partial charge on any atom is 0.269 e. The number of nitrogens with zero attached hydrogens (tertiary/aromatic N) is 5. The quantitative estimate of drug-likeness (QED) is 0.418. The van der Waals surface area contributed by atoms with Crippen LogP contribution in [-0.4, -0.2) is 24.5 Å². The average molecular weight is 315 g/mol. The van der Waals surface area contributed by atoms with Crippen molar-refractivity contribution < 1.29 is 4.92 Å². The Kier molecular flexibility index (Phi) is 3.76. The van der Waals surface area contributed by atoms with Gasteiger partial charge >= 0.3 is 0 Å². The number of aryl methyl sites for hydroxylation is 2. The Hall–Kier alpha value is -2.48. The Bertz CT molecular complexity index is 844. The monoisotopic (exact) mass is 315 g/mol. The molecule has 7 nitrogen and oxygen atoms in total. The van der Waals surface area contributed by atoms with Crippen LogP contribution in [0.1, 0.15) is 17.1 Å². The standard InChI is InChI=1S/C14H13N5O2S/c1-9-7-13-16-17-14(18(13)10(2)15-9)22-8-11-3-5-12(6-4-11)19(20)21/h3-7H,8H2,1-2H3. The lowest BCUT2D eigenvalue weighted by molar-refractivity contribution is -0.384. The summed E-state index contributed by atoms with van der Waals surface area (Å²) in [5.74, 6) is 1.50. The number of aromatic nitrogens is 4. The molecule has 112 valence electrons. The zero-order valence-corrected chi connectivity index (χ0v) is 12.9. The smallest absolute Gasteiger partial charge is 0.258 e. The van der Waals surface area contributed by atoms with E-state index in [9.17, 15) is 10.1 Å². The molecule has 0 fully saturated rings. The first kappa shape index (κ1) is 14.5. The highest BCUT2D eigenvalue weighted by Gasteiger charge is 2.10. The molecule has 2 heterocycles. The summed E-state index contributed by atoms with van der Waals surface area (Å²) in [7, 11) is 0. The molecular formula is C14H13N5O2S. The molecule has 0 radical (unpaired) electrons. The molecule has 0 N–H and O–H groups in total. The number of nitro benzene ring substituents is 1. The molecule has 0 spiro atoms. The highest BCUT2D eigenvalue weighted by molar-refractivity contribution is 7.98. The van der Waals surface area contributed by atoms with Gasteiger partial charge in [0.05, 0.1) is 4.92 Å². The van der Waals surface area contributed by atoms with Crippen LogP contribution in [0, 0.1) is 24.0 Å². The van der Waals surface area contributed by atoms with E-state index in [1.54, 1.807) is 12.1 Å². The number of thioether (sulfide) groups is 1. The van der Waals surface area contributed by atoms with Crippen molar-refractivity contribution in [2.75, 3.05) is 0 Å². The van der Waals surface area contributed by atoms with E-state index in [-0.39, 0.29) is 5.69 Å². The van der Waals surface area contributed by atoms with Crippen LogP contribution >= 0.6 is 11.8 Å². The third-order valence-corrected chi connectivity index (χ3v) is 4.17. The second-order valence-corrected chi connectivity index (χ2v) is 5.78. The van der Waals surface area contributed by atoms with Crippen molar-refractivity contribution in [3.05, 3.63) is 57.5 Å². The lowest BCUT2D eigenvalue weighted by Gasteiger charge is -2.04. The van der Waals surface area contributed by atoms with E-state index in [1.807, 2.05) is 24.3 Å². The zero-order chi connectivity index (χ0) is 15.7. The number of nitro groups is 1. The first-order valence-corrected chi connectivity index (χ1v) is 7.58. The van der Waals surface area contributed by atoms with Gasteiger partial charge in [0.15, 0.2) is 10.8 Å². The summed E-state index contributed by atoms with van der Waals surface area (Å²) in [6, 6.07) is 8.41. The summed E-state index contributed by atoms with van der Waals surface area (Å²) in [6.07, 6.45) is 0. The predicted octanol–water partition coefficient (Wildman–Crippen LogP) is 2.94. The predicted molar refractivity (Wildman–Crippen MR) is 82.9 cm³/mol. The molecule has 1 aromatic carbocycles. The van der Waals surface area contributed by atoms with Gasteiger partial charge in [-0.1, -0.05) is 23.9 Å². The number of fused-ring (bicyclic) bond motifs is 1. The summed E-state index contributed by atoms with van der Waals surface area (Å²) in [5.41, 5.74) is 2.77. The van der Waals surface area contributed by atoms with Gasteiger partial charge in [-0.25, -0.2) is 4.98 Å².